The van der Waals surface area contributed by atoms with Gasteiger partial charge in [-0.3, -0.25) is 0 Å². The maximum absolute atomic E-state index is 14.0. The molecule has 3 aromatic rings. The van der Waals surface area contributed by atoms with E-state index in [2.05, 4.69) is 12.8 Å². The molecule has 0 N–H and O–H groups in total. The van der Waals surface area contributed by atoms with Gasteiger partial charge in [-0.1, -0.05) is 74.1 Å². The zero-order chi connectivity index (χ0) is 22.8. The molecule has 0 heterocycles. The number of ether oxygens (including phenoxy) is 2. The average Bonchev–Trinajstić information content (AvgIpc) is 2.80. The third kappa shape index (κ3) is 7.42. The first-order chi connectivity index (χ1) is 15.4. The van der Waals surface area contributed by atoms with Gasteiger partial charge in [-0.2, -0.15) is 8.78 Å². The Morgan fingerprint density at radius 1 is 0.750 bits per heavy atom. The number of halogens is 2. The van der Waals surface area contributed by atoms with E-state index in [1.165, 1.54) is 31.4 Å². The number of hydrogen-bond acceptors (Lipinski definition) is 2. The molecule has 0 saturated carbocycles. The van der Waals surface area contributed by atoms with Gasteiger partial charge in [0.2, 0.25) is 0 Å². The lowest BCUT2D eigenvalue weighted by atomic mass is 10.0. The highest BCUT2D eigenvalue weighted by atomic mass is 19.3. The van der Waals surface area contributed by atoms with Crippen LogP contribution in [-0.2, 0) is 0 Å². The van der Waals surface area contributed by atoms with Crippen molar-refractivity contribution in [3.05, 3.63) is 83.9 Å². The largest absolute Gasteiger partial charge is 0.494 e. The molecule has 0 aliphatic rings. The van der Waals surface area contributed by atoms with Gasteiger partial charge in [0.1, 0.15) is 11.5 Å². The van der Waals surface area contributed by atoms with E-state index in [1.807, 2.05) is 49.2 Å². The number of hydrogen-bond donors (Lipinski definition) is 0. The van der Waals surface area contributed by atoms with Crippen molar-refractivity contribution in [1.82, 2.24) is 0 Å². The molecule has 3 aromatic carbocycles. The molecule has 0 saturated heterocycles. The second-order valence-electron chi connectivity index (χ2n) is 7.69. The molecule has 0 spiro atoms. The van der Waals surface area contributed by atoms with Crippen LogP contribution in [0.2, 0.25) is 0 Å². The second-order valence-corrected chi connectivity index (χ2v) is 7.69. The van der Waals surface area contributed by atoms with E-state index in [9.17, 15) is 8.78 Å². The molecule has 32 heavy (non-hydrogen) atoms. The molecule has 0 bridgehead atoms. The van der Waals surface area contributed by atoms with Crippen LogP contribution in [0.25, 0.3) is 11.1 Å². The Kier molecular flexibility index (Phi) is 8.27. The summed E-state index contributed by atoms with van der Waals surface area (Å²) in [6, 6.07) is 21.5. The summed E-state index contributed by atoms with van der Waals surface area (Å²) in [6.07, 6.45) is 1.13. The monoisotopic (exact) mass is 434 g/mol. The maximum atomic E-state index is 14.0. The number of rotatable bonds is 9. The van der Waals surface area contributed by atoms with E-state index in [0.717, 1.165) is 35.5 Å². The molecule has 0 aromatic heterocycles. The summed E-state index contributed by atoms with van der Waals surface area (Å²) < 4.78 is 38.5. The van der Waals surface area contributed by atoms with Gasteiger partial charge >= 0.3 is 6.11 Å². The Morgan fingerprint density at radius 3 is 1.97 bits per heavy atom. The predicted octanol–water partition coefficient (Wildman–Crippen LogP) is 7.64. The lowest BCUT2D eigenvalue weighted by Gasteiger charge is -2.11. The van der Waals surface area contributed by atoms with Crippen molar-refractivity contribution in [2.75, 3.05) is 6.61 Å². The normalized spacial score (nSPS) is 10.9. The van der Waals surface area contributed by atoms with E-state index >= 15 is 0 Å². The van der Waals surface area contributed by atoms with Crippen LogP contribution < -0.4 is 9.47 Å². The highest BCUT2D eigenvalue weighted by molar-refractivity contribution is 5.65. The van der Waals surface area contributed by atoms with Gasteiger partial charge in [0.05, 0.1) is 6.61 Å². The van der Waals surface area contributed by atoms with Gasteiger partial charge in [-0.05, 0) is 60.9 Å². The van der Waals surface area contributed by atoms with E-state index in [4.69, 9.17) is 9.47 Å². The van der Waals surface area contributed by atoms with Crippen molar-refractivity contribution in [3.8, 4) is 34.5 Å². The Hall–Kier alpha value is -3.32. The minimum atomic E-state index is -3.57. The van der Waals surface area contributed by atoms with Crippen LogP contribution in [-0.4, -0.2) is 12.7 Å². The average molecular weight is 435 g/mol. The molecule has 0 aliphatic carbocycles. The van der Waals surface area contributed by atoms with Gasteiger partial charge in [-0.25, -0.2) is 0 Å². The minimum absolute atomic E-state index is 0.0821. The molecular weight excluding hydrogens is 406 g/mol. The van der Waals surface area contributed by atoms with E-state index < -0.39 is 6.11 Å². The van der Waals surface area contributed by atoms with Crippen LogP contribution in [0.1, 0.15) is 43.7 Å². The Morgan fingerprint density at radius 2 is 1.34 bits per heavy atom. The van der Waals surface area contributed by atoms with Gasteiger partial charge in [0.15, 0.2) is 0 Å². The molecule has 2 nitrogen and oxygen atoms in total. The first kappa shape index (κ1) is 23.3. The van der Waals surface area contributed by atoms with Crippen LogP contribution in [0.5, 0.6) is 11.5 Å². The molecular formula is C28H28F2O2. The van der Waals surface area contributed by atoms with Gasteiger partial charge in [-0.15, -0.1) is 0 Å². The quantitative estimate of drug-likeness (QED) is 0.254. The maximum Gasteiger partial charge on any atom is 0.469 e. The van der Waals surface area contributed by atoms with Crippen molar-refractivity contribution < 1.29 is 18.3 Å². The number of benzene rings is 3. The summed E-state index contributed by atoms with van der Waals surface area (Å²) in [4.78, 5) is 0. The minimum Gasteiger partial charge on any atom is -0.494 e. The Labute approximate surface area is 189 Å². The van der Waals surface area contributed by atoms with Crippen molar-refractivity contribution in [2.45, 2.75) is 45.6 Å². The first-order valence-corrected chi connectivity index (χ1v) is 11.0. The smallest absolute Gasteiger partial charge is 0.469 e. The second kappa shape index (κ2) is 11.3. The SMILES string of the molecule is CCCCCCOc1ccc(-c2ccc(C#CC(F)(F)Oc3ccc(C)cc3)cc2)cc1. The number of alkyl halides is 2. The van der Waals surface area contributed by atoms with Gasteiger partial charge < -0.3 is 9.47 Å². The third-order valence-corrected chi connectivity index (χ3v) is 4.96. The lowest BCUT2D eigenvalue weighted by Crippen LogP contribution is -2.22. The summed E-state index contributed by atoms with van der Waals surface area (Å²) in [5, 5.41) is 0. The zero-order valence-electron chi connectivity index (χ0n) is 18.5. The van der Waals surface area contributed by atoms with E-state index in [0.29, 0.717) is 5.56 Å². The summed E-state index contributed by atoms with van der Waals surface area (Å²) in [7, 11) is 0. The predicted molar refractivity (Wildman–Crippen MR) is 125 cm³/mol. The van der Waals surface area contributed by atoms with Crippen LogP contribution in [0.3, 0.4) is 0 Å². The van der Waals surface area contributed by atoms with Crippen LogP contribution in [0.15, 0.2) is 72.8 Å². The van der Waals surface area contributed by atoms with Crippen molar-refractivity contribution >= 4 is 0 Å². The molecule has 0 unspecified atom stereocenters. The van der Waals surface area contributed by atoms with Crippen LogP contribution >= 0.6 is 0 Å². The fraction of sp³-hybridized carbons (Fsp3) is 0.286. The molecule has 0 aliphatic heterocycles. The Bertz CT molecular complexity index is 1030. The number of aryl methyl sites for hydroxylation is 1. The highest BCUT2D eigenvalue weighted by Gasteiger charge is 2.28. The Balaban J connectivity index is 1.57. The molecule has 4 heteroatoms. The van der Waals surface area contributed by atoms with Crippen molar-refractivity contribution in [3.63, 3.8) is 0 Å². The highest BCUT2D eigenvalue weighted by Crippen LogP contribution is 2.24. The van der Waals surface area contributed by atoms with E-state index in [1.54, 1.807) is 24.3 Å². The van der Waals surface area contributed by atoms with Gasteiger partial charge in [0, 0.05) is 11.5 Å². The third-order valence-electron chi connectivity index (χ3n) is 4.96. The zero-order valence-corrected chi connectivity index (χ0v) is 18.5. The summed E-state index contributed by atoms with van der Waals surface area (Å²) in [5.74, 6) is 5.34. The molecule has 0 amide bonds. The molecule has 0 fully saturated rings. The topological polar surface area (TPSA) is 18.5 Å². The first-order valence-electron chi connectivity index (χ1n) is 11.0. The molecule has 3 rings (SSSR count). The summed E-state index contributed by atoms with van der Waals surface area (Å²) in [5.41, 5.74) is 3.47. The molecule has 166 valence electrons. The number of unbranched alkanes of at least 4 members (excludes halogenated alkanes) is 3. The van der Waals surface area contributed by atoms with Crippen molar-refractivity contribution in [2.24, 2.45) is 0 Å². The lowest BCUT2D eigenvalue weighted by molar-refractivity contribution is -0.122. The molecule has 0 radical (unpaired) electrons. The van der Waals surface area contributed by atoms with E-state index in [-0.39, 0.29) is 5.75 Å². The van der Waals surface area contributed by atoms with Crippen LogP contribution in [0.4, 0.5) is 8.78 Å². The van der Waals surface area contributed by atoms with Crippen molar-refractivity contribution in [1.29, 1.82) is 0 Å². The standard InChI is InChI=1S/C28H28F2O2/c1-3-4-5-6-21-31-26-17-13-25(14-18-26)24-11-9-23(10-12-24)19-20-28(29,30)32-27-15-7-22(2)8-16-27/h7-18H,3-6,21H2,1-2H3. The fourth-order valence-corrected chi connectivity index (χ4v) is 3.13. The molecule has 0 atom stereocenters. The summed E-state index contributed by atoms with van der Waals surface area (Å²) in [6.45, 7) is 4.79. The van der Waals surface area contributed by atoms with Gasteiger partial charge in [0.25, 0.3) is 0 Å². The fourth-order valence-electron chi connectivity index (χ4n) is 3.13. The van der Waals surface area contributed by atoms with Crippen LogP contribution in [0, 0.1) is 18.8 Å². The summed E-state index contributed by atoms with van der Waals surface area (Å²) >= 11 is 0.